The normalized spacial score (nSPS) is 23.6. The number of aryl methyl sites for hydroxylation is 1. The lowest BCUT2D eigenvalue weighted by Gasteiger charge is -2.37. The van der Waals surface area contributed by atoms with Crippen molar-refractivity contribution in [2.75, 3.05) is 13.3 Å². The van der Waals surface area contributed by atoms with Crippen molar-refractivity contribution in [2.45, 2.75) is 43.9 Å². The van der Waals surface area contributed by atoms with E-state index in [4.69, 9.17) is 0 Å². The molecule has 0 aliphatic heterocycles. The van der Waals surface area contributed by atoms with Crippen LogP contribution in [0.2, 0.25) is 0 Å². The molecule has 2 rings (SSSR count). The Hall–Kier alpha value is -1.30. The molecular formula is C14H22N2O3S. The van der Waals surface area contributed by atoms with Crippen molar-refractivity contribution in [3.8, 4) is 0 Å². The molecule has 1 N–H and O–H groups in total. The SMILES string of the molecule is Cc1[nH]ccc1C(=O)N(C)C1CCCCC1S(C)(=O)=O. The van der Waals surface area contributed by atoms with Gasteiger partial charge < -0.3 is 9.88 Å². The van der Waals surface area contributed by atoms with E-state index in [9.17, 15) is 13.2 Å². The Morgan fingerprint density at radius 1 is 1.35 bits per heavy atom. The molecule has 0 aromatic carbocycles. The van der Waals surface area contributed by atoms with Crippen LogP contribution in [0.15, 0.2) is 12.3 Å². The number of carbonyl (C=O) groups excluding carboxylic acids is 1. The molecule has 1 saturated carbocycles. The fraction of sp³-hybridized carbons (Fsp3) is 0.643. The maximum Gasteiger partial charge on any atom is 0.255 e. The predicted octanol–water partition coefficient (Wildman–Crippen LogP) is 1.75. The van der Waals surface area contributed by atoms with Crippen molar-refractivity contribution in [1.82, 2.24) is 9.88 Å². The van der Waals surface area contributed by atoms with Gasteiger partial charge in [0.1, 0.15) is 0 Å². The number of nitrogens with one attached hydrogen (secondary N) is 1. The third kappa shape index (κ3) is 2.90. The molecule has 1 aromatic heterocycles. The second kappa shape index (κ2) is 5.60. The molecule has 0 saturated heterocycles. The second-order valence-corrected chi connectivity index (χ2v) is 7.92. The Bertz CT molecular complexity index is 591. The minimum Gasteiger partial charge on any atom is -0.365 e. The van der Waals surface area contributed by atoms with Crippen LogP contribution in [0, 0.1) is 6.92 Å². The Labute approximate surface area is 120 Å². The van der Waals surface area contributed by atoms with Crippen molar-refractivity contribution in [3.05, 3.63) is 23.5 Å². The van der Waals surface area contributed by atoms with Gasteiger partial charge in [-0.1, -0.05) is 12.8 Å². The van der Waals surface area contributed by atoms with Crippen molar-refractivity contribution >= 4 is 15.7 Å². The summed E-state index contributed by atoms with van der Waals surface area (Å²) >= 11 is 0. The van der Waals surface area contributed by atoms with Crippen LogP contribution >= 0.6 is 0 Å². The summed E-state index contributed by atoms with van der Waals surface area (Å²) in [5, 5.41) is -0.440. The van der Waals surface area contributed by atoms with Crippen LogP contribution < -0.4 is 0 Å². The third-order valence-corrected chi connectivity index (χ3v) is 5.87. The molecule has 6 heteroatoms. The number of H-pyrrole nitrogens is 1. The van der Waals surface area contributed by atoms with E-state index >= 15 is 0 Å². The maximum atomic E-state index is 12.5. The van der Waals surface area contributed by atoms with Gasteiger partial charge in [-0.05, 0) is 25.8 Å². The standard InChI is InChI=1S/C14H22N2O3S/c1-10-11(8-9-15-10)14(17)16(2)12-6-4-5-7-13(12)20(3,18)19/h8-9,12-13,15H,4-7H2,1-3H3. The van der Waals surface area contributed by atoms with Gasteiger partial charge >= 0.3 is 0 Å². The fourth-order valence-corrected chi connectivity index (χ4v) is 4.53. The molecule has 20 heavy (non-hydrogen) atoms. The topological polar surface area (TPSA) is 70.2 Å². The Morgan fingerprint density at radius 3 is 2.55 bits per heavy atom. The van der Waals surface area contributed by atoms with Gasteiger partial charge in [-0.15, -0.1) is 0 Å². The number of amides is 1. The Kier molecular flexibility index (Phi) is 4.22. The number of rotatable bonds is 3. The number of hydrogen-bond donors (Lipinski definition) is 1. The first-order valence-corrected chi connectivity index (χ1v) is 8.88. The molecular weight excluding hydrogens is 276 g/mol. The van der Waals surface area contributed by atoms with E-state index < -0.39 is 15.1 Å². The summed E-state index contributed by atoms with van der Waals surface area (Å²) in [5.41, 5.74) is 1.43. The number of sulfone groups is 1. The molecule has 1 fully saturated rings. The zero-order valence-electron chi connectivity index (χ0n) is 12.2. The summed E-state index contributed by atoms with van der Waals surface area (Å²) in [6.45, 7) is 1.84. The predicted molar refractivity (Wildman–Crippen MR) is 78.5 cm³/mol. The highest BCUT2D eigenvalue weighted by atomic mass is 32.2. The summed E-state index contributed by atoms with van der Waals surface area (Å²) in [6, 6.07) is 1.52. The average Bonchev–Trinajstić information content (AvgIpc) is 2.82. The molecule has 112 valence electrons. The first-order chi connectivity index (χ1) is 9.32. The average molecular weight is 298 g/mol. The van der Waals surface area contributed by atoms with Crippen LogP contribution in [0.5, 0.6) is 0 Å². The molecule has 0 radical (unpaired) electrons. The zero-order valence-corrected chi connectivity index (χ0v) is 13.0. The molecule has 1 aliphatic rings. The molecule has 2 atom stereocenters. The van der Waals surface area contributed by atoms with E-state index in [1.807, 2.05) is 6.92 Å². The number of aromatic nitrogens is 1. The van der Waals surface area contributed by atoms with E-state index in [-0.39, 0.29) is 11.9 Å². The van der Waals surface area contributed by atoms with Gasteiger partial charge in [0.15, 0.2) is 9.84 Å². The second-order valence-electron chi connectivity index (χ2n) is 5.65. The molecule has 2 unspecified atom stereocenters. The van der Waals surface area contributed by atoms with Gasteiger partial charge in [-0.3, -0.25) is 4.79 Å². The Morgan fingerprint density at radius 2 is 2.00 bits per heavy atom. The van der Waals surface area contributed by atoms with Crippen molar-refractivity contribution in [3.63, 3.8) is 0 Å². The first-order valence-electron chi connectivity index (χ1n) is 6.92. The van der Waals surface area contributed by atoms with Crippen LogP contribution in [0.3, 0.4) is 0 Å². The quantitative estimate of drug-likeness (QED) is 0.924. The highest BCUT2D eigenvalue weighted by Crippen LogP contribution is 2.28. The molecule has 0 bridgehead atoms. The maximum absolute atomic E-state index is 12.5. The molecule has 1 aliphatic carbocycles. The minimum atomic E-state index is -3.13. The van der Waals surface area contributed by atoms with E-state index in [0.29, 0.717) is 12.0 Å². The number of nitrogens with zero attached hydrogens (tertiary/aromatic N) is 1. The van der Waals surface area contributed by atoms with Gasteiger partial charge in [0.05, 0.1) is 10.8 Å². The highest BCUT2D eigenvalue weighted by molar-refractivity contribution is 7.91. The number of aromatic amines is 1. The van der Waals surface area contributed by atoms with E-state index in [2.05, 4.69) is 4.98 Å². The van der Waals surface area contributed by atoms with Crippen LogP contribution in [0.1, 0.15) is 41.7 Å². The Balaban J connectivity index is 2.24. The minimum absolute atomic E-state index is 0.107. The smallest absolute Gasteiger partial charge is 0.255 e. The van der Waals surface area contributed by atoms with Crippen molar-refractivity contribution in [2.24, 2.45) is 0 Å². The molecule has 5 nitrogen and oxygen atoms in total. The molecule has 1 aromatic rings. The van der Waals surface area contributed by atoms with Crippen LogP contribution in [-0.4, -0.2) is 48.8 Å². The van der Waals surface area contributed by atoms with Crippen LogP contribution in [0.4, 0.5) is 0 Å². The lowest BCUT2D eigenvalue weighted by atomic mass is 9.93. The van der Waals surface area contributed by atoms with E-state index in [1.165, 1.54) is 6.26 Å². The van der Waals surface area contributed by atoms with Gasteiger partial charge in [-0.25, -0.2) is 8.42 Å². The van der Waals surface area contributed by atoms with Gasteiger partial charge in [-0.2, -0.15) is 0 Å². The largest absolute Gasteiger partial charge is 0.365 e. The monoisotopic (exact) mass is 298 g/mol. The van der Waals surface area contributed by atoms with Gasteiger partial charge in [0.25, 0.3) is 5.91 Å². The summed E-state index contributed by atoms with van der Waals surface area (Å²) in [5.74, 6) is -0.107. The summed E-state index contributed by atoms with van der Waals surface area (Å²) in [6.07, 6.45) is 6.29. The van der Waals surface area contributed by atoms with Crippen molar-refractivity contribution < 1.29 is 13.2 Å². The van der Waals surface area contributed by atoms with Gasteiger partial charge in [0.2, 0.25) is 0 Å². The molecule has 1 amide bonds. The van der Waals surface area contributed by atoms with Crippen LogP contribution in [0.25, 0.3) is 0 Å². The zero-order chi connectivity index (χ0) is 14.9. The fourth-order valence-electron chi connectivity index (χ4n) is 3.04. The third-order valence-electron chi connectivity index (χ3n) is 4.22. The lowest BCUT2D eigenvalue weighted by molar-refractivity contribution is 0.0700. The summed E-state index contributed by atoms with van der Waals surface area (Å²) in [4.78, 5) is 17.1. The van der Waals surface area contributed by atoms with Gasteiger partial charge in [0, 0.05) is 31.2 Å². The molecule has 0 spiro atoms. The number of carbonyl (C=O) groups is 1. The first kappa shape index (κ1) is 15.1. The lowest BCUT2D eigenvalue weighted by Crippen LogP contribution is -2.49. The van der Waals surface area contributed by atoms with E-state index in [0.717, 1.165) is 25.0 Å². The highest BCUT2D eigenvalue weighted by Gasteiger charge is 2.37. The van der Waals surface area contributed by atoms with Crippen molar-refractivity contribution in [1.29, 1.82) is 0 Å². The molecule has 1 heterocycles. The summed E-state index contributed by atoms with van der Waals surface area (Å²) < 4.78 is 23.9. The number of hydrogen-bond acceptors (Lipinski definition) is 3. The summed E-state index contributed by atoms with van der Waals surface area (Å²) in [7, 11) is -1.42. The van der Waals surface area contributed by atoms with E-state index in [1.54, 1.807) is 24.2 Å². The van der Waals surface area contributed by atoms with Crippen LogP contribution in [-0.2, 0) is 9.84 Å².